The Morgan fingerprint density at radius 1 is 0.273 bits per heavy atom. The van der Waals surface area contributed by atoms with Crippen LogP contribution in [0.5, 0.6) is 0 Å². The maximum atomic E-state index is 5.56. The van der Waals surface area contributed by atoms with Gasteiger partial charge < -0.3 is 0 Å². The van der Waals surface area contributed by atoms with Crippen LogP contribution >= 0.6 is 0 Å². The summed E-state index contributed by atoms with van der Waals surface area (Å²) in [6.07, 6.45) is 0. The molecule has 0 N–H and O–H groups in total. The molecule has 0 amide bonds. The Morgan fingerprint density at radius 3 is 1.36 bits per heavy atom. The molecule has 0 radical (unpaired) electrons. The van der Waals surface area contributed by atoms with Crippen LogP contribution in [0.15, 0.2) is 206 Å². The number of aromatic nitrogens is 2. The van der Waals surface area contributed by atoms with Crippen LogP contribution in [0, 0.1) is 0 Å². The summed E-state index contributed by atoms with van der Waals surface area (Å²) >= 11 is 0. The molecular formula is C53H34N2. The Labute approximate surface area is 319 Å². The second-order valence-corrected chi connectivity index (χ2v) is 14.3. The largest absolute Gasteiger partial charge is 0.231 e. The fourth-order valence-electron chi connectivity index (χ4n) is 8.74. The van der Waals surface area contributed by atoms with Crippen LogP contribution in [0.2, 0.25) is 0 Å². The Hall–Kier alpha value is -7.29. The summed E-state index contributed by atoms with van der Waals surface area (Å²) in [7, 11) is 0. The number of rotatable bonds is 5. The standard InChI is InChI=1S/C53H34N2/c1-4-17-35(18-5-1)50-51(36-19-6-2-7-20-36)54-55-52(37-21-8-3-9-22-37)49(46-29-14-15-30-47(46)53(50)55)40-24-16-23-38(33-40)39-31-32-45-43-27-11-10-25-41(43)42-26-12-13-28-44(42)48(45)34-39/h1-34H. The molecule has 11 aromatic rings. The van der Waals surface area contributed by atoms with Gasteiger partial charge in [0.25, 0.3) is 0 Å². The van der Waals surface area contributed by atoms with E-state index < -0.39 is 0 Å². The van der Waals surface area contributed by atoms with E-state index in [1.54, 1.807) is 0 Å². The molecule has 0 saturated carbocycles. The first-order valence-electron chi connectivity index (χ1n) is 18.9. The number of hydrogen-bond acceptors (Lipinski definition) is 1. The van der Waals surface area contributed by atoms with Gasteiger partial charge in [-0.15, -0.1) is 0 Å². The zero-order valence-electron chi connectivity index (χ0n) is 30.0. The van der Waals surface area contributed by atoms with Crippen molar-refractivity contribution in [3.8, 4) is 55.9 Å². The third-order valence-corrected chi connectivity index (χ3v) is 11.2. The summed E-state index contributed by atoms with van der Waals surface area (Å²) in [6.45, 7) is 0. The van der Waals surface area contributed by atoms with E-state index in [2.05, 4.69) is 211 Å². The number of pyridine rings is 1. The van der Waals surface area contributed by atoms with Gasteiger partial charge in [-0.3, -0.25) is 0 Å². The van der Waals surface area contributed by atoms with Crippen LogP contribution < -0.4 is 0 Å². The molecule has 0 fully saturated rings. The Balaban J connectivity index is 1.21. The fourth-order valence-corrected chi connectivity index (χ4v) is 8.74. The van der Waals surface area contributed by atoms with Crippen LogP contribution in [-0.4, -0.2) is 9.61 Å². The molecule has 0 aliphatic carbocycles. The lowest BCUT2D eigenvalue weighted by atomic mass is 9.89. The van der Waals surface area contributed by atoms with Crippen LogP contribution in [-0.2, 0) is 0 Å². The van der Waals surface area contributed by atoms with Gasteiger partial charge in [-0.2, -0.15) is 5.10 Å². The van der Waals surface area contributed by atoms with Gasteiger partial charge in [-0.25, -0.2) is 4.52 Å². The highest BCUT2D eigenvalue weighted by Gasteiger charge is 2.25. The van der Waals surface area contributed by atoms with E-state index in [0.717, 1.165) is 50.3 Å². The first-order chi connectivity index (χ1) is 27.3. The highest BCUT2D eigenvalue weighted by atomic mass is 15.2. The third kappa shape index (κ3) is 5.00. The van der Waals surface area contributed by atoms with Crippen molar-refractivity contribution in [3.05, 3.63) is 206 Å². The van der Waals surface area contributed by atoms with Gasteiger partial charge in [-0.1, -0.05) is 194 Å². The summed E-state index contributed by atoms with van der Waals surface area (Å²) in [4.78, 5) is 0. The number of hydrogen-bond donors (Lipinski definition) is 0. The summed E-state index contributed by atoms with van der Waals surface area (Å²) in [5.74, 6) is 0. The zero-order chi connectivity index (χ0) is 36.3. The average Bonchev–Trinajstić information content (AvgIpc) is 3.68. The number of nitrogens with zero attached hydrogens (tertiary/aromatic N) is 2. The van der Waals surface area contributed by atoms with Crippen LogP contribution in [0.1, 0.15) is 0 Å². The van der Waals surface area contributed by atoms with Gasteiger partial charge in [0, 0.05) is 27.6 Å². The predicted molar refractivity (Wildman–Crippen MR) is 232 cm³/mol. The van der Waals surface area contributed by atoms with Crippen LogP contribution in [0.4, 0.5) is 0 Å². The molecule has 0 aliphatic heterocycles. The lowest BCUT2D eigenvalue weighted by Crippen LogP contribution is -2.00. The van der Waals surface area contributed by atoms with Gasteiger partial charge in [0.1, 0.15) is 5.69 Å². The lowest BCUT2D eigenvalue weighted by molar-refractivity contribution is 0.981. The number of benzene rings is 9. The molecule has 2 aromatic heterocycles. The monoisotopic (exact) mass is 698 g/mol. The molecule has 0 bridgehead atoms. The van der Waals surface area contributed by atoms with Crippen molar-refractivity contribution in [2.75, 3.05) is 0 Å². The average molecular weight is 699 g/mol. The maximum Gasteiger partial charge on any atom is 0.101 e. The molecular weight excluding hydrogens is 665 g/mol. The van der Waals surface area contributed by atoms with E-state index in [-0.39, 0.29) is 0 Å². The van der Waals surface area contributed by atoms with Crippen molar-refractivity contribution in [1.29, 1.82) is 0 Å². The van der Waals surface area contributed by atoms with E-state index in [1.807, 2.05) is 0 Å². The van der Waals surface area contributed by atoms with Crippen LogP contribution in [0.25, 0.3) is 105 Å². The molecule has 11 rings (SSSR count). The van der Waals surface area contributed by atoms with Crippen molar-refractivity contribution in [2.45, 2.75) is 0 Å². The molecule has 0 unspecified atom stereocenters. The molecule has 256 valence electrons. The smallest absolute Gasteiger partial charge is 0.101 e. The minimum absolute atomic E-state index is 0.968. The Morgan fingerprint density at radius 2 is 0.727 bits per heavy atom. The summed E-state index contributed by atoms with van der Waals surface area (Å²) in [6, 6.07) is 74.5. The van der Waals surface area contributed by atoms with Crippen LogP contribution in [0.3, 0.4) is 0 Å². The predicted octanol–water partition coefficient (Wildman–Crippen LogP) is 14.3. The quantitative estimate of drug-likeness (QED) is 0.164. The third-order valence-electron chi connectivity index (χ3n) is 11.2. The topological polar surface area (TPSA) is 17.3 Å². The van der Waals surface area contributed by atoms with Gasteiger partial charge >= 0.3 is 0 Å². The highest BCUT2D eigenvalue weighted by Crippen LogP contribution is 2.46. The molecule has 2 nitrogen and oxygen atoms in total. The van der Waals surface area contributed by atoms with E-state index in [1.165, 1.54) is 54.2 Å². The summed E-state index contributed by atoms with van der Waals surface area (Å²) in [5.41, 5.74) is 12.3. The zero-order valence-corrected chi connectivity index (χ0v) is 30.0. The second kappa shape index (κ2) is 12.7. The van der Waals surface area contributed by atoms with Gasteiger partial charge in [0.15, 0.2) is 0 Å². The first kappa shape index (κ1) is 31.3. The molecule has 0 aliphatic rings. The summed E-state index contributed by atoms with van der Waals surface area (Å²) < 4.78 is 2.22. The first-order valence-corrected chi connectivity index (χ1v) is 18.9. The normalized spacial score (nSPS) is 11.6. The molecule has 2 heterocycles. The van der Waals surface area contributed by atoms with E-state index in [0.29, 0.717) is 0 Å². The van der Waals surface area contributed by atoms with E-state index in [4.69, 9.17) is 5.10 Å². The van der Waals surface area contributed by atoms with Crippen molar-refractivity contribution in [1.82, 2.24) is 9.61 Å². The molecule has 0 spiro atoms. The second-order valence-electron chi connectivity index (χ2n) is 14.3. The van der Waals surface area contributed by atoms with Crippen molar-refractivity contribution in [2.24, 2.45) is 0 Å². The minimum atomic E-state index is 0.968. The highest BCUT2D eigenvalue weighted by molar-refractivity contribution is 6.26. The Bertz CT molecular complexity index is 3200. The fraction of sp³-hybridized carbons (Fsp3) is 0. The lowest BCUT2D eigenvalue weighted by Gasteiger charge is -2.18. The molecule has 0 saturated heterocycles. The molecule has 9 aromatic carbocycles. The van der Waals surface area contributed by atoms with Gasteiger partial charge in [-0.05, 0) is 72.1 Å². The SMILES string of the molecule is c1ccc(-c2nn3c(-c4ccccc4)c(-c4cccc(-c5ccc6c7ccccc7c7ccccc7c6c5)c4)c4ccccc4c3c2-c2ccccc2)cc1. The van der Waals surface area contributed by atoms with Gasteiger partial charge in [0.2, 0.25) is 0 Å². The molecule has 0 atom stereocenters. The molecule has 55 heavy (non-hydrogen) atoms. The van der Waals surface area contributed by atoms with E-state index in [9.17, 15) is 0 Å². The van der Waals surface area contributed by atoms with Crippen molar-refractivity contribution in [3.63, 3.8) is 0 Å². The van der Waals surface area contributed by atoms with Gasteiger partial charge in [0.05, 0.1) is 11.2 Å². The summed E-state index contributed by atoms with van der Waals surface area (Å²) in [5, 5.41) is 15.6. The van der Waals surface area contributed by atoms with E-state index >= 15 is 0 Å². The maximum absolute atomic E-state index is 5.56. The Kier molecular flexibility index (Phi) is 7.21. The van der Waals surface area contributed by atoms with Crippen molar-refractivity contribution >= 4 is 48.6 Å². The number of fused-ring (bicyclic) bond motifs is 9. The molecule has 2 heteroatoms. The van der Waals surface area contributed by atoms with Crippen molar-refractivity contribution < 1.29 is 0 Å². The minimum Gasteiger partial charge on any atom is -0.231 e.